The van der Waals surface area contributed by atoms with E-state index in [4.69, 9.17) is 10.2 Å². The Balaban J connectivity index is 4.40. The number of carboxylic acids is 2. The van der Waals surface area contributed by atoms with Crippen molar-refractivity contribution in [2.45, 2.75) is 64.5 Å². The Hall–Kier alpha value is -1.46. The van der Waals surface area contributed by atoms with E-state index >= 15 is 0 Å². The summed E-state index contributed by atoms with van der Waals surface area (Å²) in [7, 11) is 0. The third-order valence-electron chi connectivity index (χ3n) is 2.49. The third kappa shape index (κ3) is 8.66. The molecule has 0 heterocycles. The van der Waals surface area contributed by atoms with E-state index in [1.54, 1.807) is 0 Å². The first kappa shape index (κ1) is 16.5. The summed E-state index contributed by atoms with van der Waals surface area (Å²) in [6.07, 6.45) is 0.894. The normalized spacial score (nSPS) is 12.9. The number of azo groups is 1. The Morgan fingerprint density at radius 1 is 0.833 bits per heavy atom. The number of hydrogen-bond donors (Lipinski definition) is 2. The first-order valence-corrected chi connectivity index (χ1v) is 5.92. The molecule has 0 amide bonds. The lowest BCUT2D eigenvalue weighted by Crippen LogP contribution is -2.22. The van der Waals surface area contributed by atoms with Crippen LogP contribution in [0, 0.1) is 0 Å². The van der Waals surface area contributed by atoms with Crippen LogP contribution in [0.4, 0.5) is 0 Å². The second-order valence-electron chi connectivity index (χ2n) is 5.61. The van der Waals surface area contributed by atoms with Crippen molar-refractivity contribution in [2.24, 2.45) is 10.2 Å². The quantitative estimate of drug-likeness (QED) is 0.654. The van der Waals surface area contributed by atoms with Crippen LogP contribution in [0.15, 0.2) is 10.2 Å². The lowest BCUT2D eigenvalue weighted by atomic mass is 9.98. The van der Waals surface area contributed by atoms with Crippen LogP contribution in [-0.4, -0.2) is 33.2 Å². The summed E-state index contributed by atoms with van der Waals surface area (Å²) < 4.78 is 0. The van der Waals surface area contributed by atoms with Crippen molar-refractivity contribution >= 4 is 11.9 Å². The second-order valence-corrected chi connectivity index (χ2v) is 5.61. The number of carboxylic acid groups (broad SMARTS) is 2. The van der Waals surface area contributed by atoms with Crippen molar-refractivity contribution in [2.75, 3.05) is 0 Å². The van der Waals surface area contributed by atoms with E-state index in [-0.39, 0.29) is 12.8 Å². The molecular weight excluding hydrogens is 236 g/mol. The minimum absolute atomic E-state index is 0.0432. The molecule has 0 atom stereocenters. The van der Waals surface area contributed by atoms with Gasteiger partial charge >= 0.3 is 11.9 Å². The van der Waals surface area contributed by atoms with Gasteiger partial charge in [0.05, 0.1) is 11.1 Å². The Labute approximate surface area is 107 Å². The van der Waals surface area contributed by atoms with Crippen molar-refractivity contribution in [3.63, 3.8) is 0 Å². The average Bonchev–Trinajstić information content (AvgIpc) is 2.22. The fraction of sp³-hybridized carbons (Fsp3) is 0.833. The molecule has 0 aromatic carbocycles. The predicted molar refractivity (Wildman–Crippen MR) is 66.8 cm³/mol. The molecule has 6 heteroatoms. The second kappa shape index (κ2) is 6.47. The molecule has 0 aliphatic heterocycles. The lowest BCUT2D eigenvalue weighted by molar-refractivity contribution is -0.138. The van der Waals surface area contributed by atoms with Crippen LogP contribution in [0.5, 0.6) is 0 Å². The summed E-state index contributed by atoms with van der Waals surface area (Å²) in [5.41, 5.74) is -1.09. The summed E-state index contributed by atoms with van der Waals surface area (Å²) in [5, 5.41) is 25.5. The van der Waals surface area contributed by atoms with Crippen LogP contribution in [0.2, 0.25) is 0 Å². The van der Waals surface area contributed by atoms with Crippen LogP contribution >= 0.6 is 0 Å². The molecule has 0 rings (SSSR count). The number of aliphatic carboxylic acids is 2. The number of rotatable bonds is 8. The average molecular weight is 258 g/mol. The van der Waals surface area contributed by atoms with Crippen LogP contribution in [-0.2, 0) is 9.59 Å². The summed E-state index contributed by atoms with van der Waals surface area (Å²) in [6.45, 7) is 7.25. The SMILES string of the molecule is CC(C)(CCC(=O)O)/N=N/C(C)(C)CCC(=O)O. The van der Waals surface area contributed by atoms with Crippen LogP contribution in [0.1, 0.15) is 53.4 Å². The van der Waals surface area contributed by atoms with Gasteiger partial charge in [-0.15, -0.1) is 0 Å². The summed E-state index contributed by atoms with van der Waals surface area (Å²) in [4.78, 5) is 21.0. The fourth-order valence-corrected chi connectivity index (χ4v) is 1.20. The van der Waals surface area contributed by atoms with Crippen molar-refractivity contribution in [3.05, 3.63) is 0 Å². The van der Waals surface area contributed by atoms with Gasteiger partial charge in [0, 0.05) is 12.8 Å². The molecule has 0 spiro atoms. The maximum Gasteiger partial charge on any atom is 0.303 e. The maximum atomic E-state index is 10.5. The number of nitrogens with zero attached hydrogens (tertiary/aromatic N) is 2. The molecule has 0 aliphatic rings. The molecule has 0 aromatic rings. The Bertz CT molecular complexity index is 303. The van der Waals surface area contributed by atoms with Gasteiger partial charge in [-0.1, -0.05) is 0 Å². The highest BCUT2D eigenvalue weighted by Gasteiger charge is 2.22. The zero-order valence-corrected chi connectivity index (χ0v) is 11.4. The van der Waals surface area contributed by atoms with Gasteiger partial charge in [-0.25, -0.2) is 0 Å². The molecule has 0 aromatic heterocycles. The summed E-state index contributed by atoms with van der Waals surface area (Å²) in [5.74, 6) is -1.72. The summed E-state index contributed by atoms with van der Waals surface area (Å²) >= 11 is 0. The molecule has 0 saturated heterocycles. The van der Waals surface area contributed by atoms with Crippen molar-refractivity contribution < 1.29 is 19.8 Å². The minimum atomic E-state index is -0.858. The zero-order chi connectivity index (χ0) is 14.4. The van der Waals surface area contributed by atoms with Gasteiger partial charge in [-0.3, -0.25) is 9.59 Å². The van der Waals surface area contributed by atoms with E-state index in [0.29, 0.717) is 12.8 Å². The molecule has 2 N–H and O–H groups in total. The van der Waals surface area contributed by atoms with E-state index in [0.717, 1.165) is 0 Å². The predicted octanol–water partition coefficient (Wildman–Crippen LogP) is 2.73. The minimum Gasteiger partial charge on any atom is -0.481 e. The highest BCUT2D eigenvalue weighted by atomic mass is 16.4. The van der Waals surface area contributed by atoms with Gasteiger partial charge in [0.2, 0.25) is 0 Å². The zero-order valence-electron chi connectivity index (χ0n) is 11.4. The smallest absolute Gasteiger partial charge is 0.303 e. The molecule has 0 unspecified atom stereocenters. The molecule has 104 valence electrons. The molecule has 0 bridgehead atoms. The molecule has 0 radical (unpaired) electrons. The van der Waals surface area contributed by atoms with Gasteiger partial charge in [-0.05, 0) is 40.5 Å². The third-order valence-corrected chi connectivity index (χ3v) is 2.49. The van der Waals surface area contributed by atoms with Crippen molar-refractivity contribution in [1.82, 2.24) is 0 Å². The maximum absolute atomic E-state index is 10.5. The highest BCUT2D eigenvalue weighted by Crippen LogP contribution is 2.23. The first-order chi connectivity index (χ1) is 8.04. The lowest BCUT2D eigenvalue weighted by Gasteiger charge is -2.22. The van der Waals surface area contributed by atoms with Crippen molar-refractivity contribution in [3.8, 4) is 0 Å². The molecule has 18 heavy (non-hydrogen) atoms. The van der Waals surface area contributed by atoms with Gasteiger partial charge in [-0.2, -0.15) is 10.2 Å². The topological polar surface area (TPSA) is 99.3 Å². The molecule has 0 fully saturated rings. The number of carbonyl (C=O) groups is 2. The van der Waals surface area contributed by atoms with E-state index in [2.05, 4.69) is 10.2 Å². The van der Waals surface area contributed by atoms with Gasteiger partial charge in [0.25, 0.3) is 0 Å². The van der Waals surface area contributed by atoms with E-state index < -0.39 is 23.0 Å². The molecular formula is C12H22N2O4. The van der Waals surface area contributed by atoms with E-state index in [1.807, 2.05) is 27.7 Å². The fourth-order valence-electron chi connectivity index (χ4n) is 1.20. The standard InChI is InChI=1S/C12H22N2O4/c1-11(2,7-5-9(15)16)13-14-12(3,4)8-6-10(17)18/h5-8H2,1-4H3,(H,15,16)(H,17,18)/b14-13+. The Kier molecular flexibility index (Phi) is 5.94. The van der Waals surface area contributed by atoms with E-state index in [9.17, 15) is 9.59 Å². The summed E-state index contributed by atoms with van der Waals surface area (Å²) in [6, 6.07) is 0. The number of hydrogen-bond acceptors (Lipinski definition) is 4. The molecule has 0 saturated carbocycles. The Morgan fingerprint density at radius 2 is 1.11 bits per heavy atom. The first-order valence-electron chi connectivity index (χ1n) is 5.92. The Morgan fingerprint density at radius 3 is 1.33 bits per heavy atom. The van der Waals surface area contributed by atoms with Gasteiger partial charge in [0.1, 0.15) is 0 Å². The van der Waals surface area contributed by atoms with Gasteiger partial charge in [0.15, 0.2) is 0 Å². The monoisotopic (exact) mass is 258 g/mol. The largest absolute Gasteiger partial charge is 0.481 e. The molecule has 0 aliphatic carbocycles. The van der Waals surface area contributed by atoms with E-state index in [1.165, 1.54) is 0 Å². The highest BCUT2D eigenvalue weighted by molar-refractivity contribution is 5.67. The van der Waals surface area contributed by atoms with Gasteiger partial charge < -0.3 is 10.2 Å². The van der Waals surface area contributed by atoms with Crippen LogP contribution in [0.25, 0.3) is 0 Å². The van der Waals surface area contributed by atoms with Crippen LogP contribution in [0.3, 0.4) is 0 Å². The van der Waals surface area contributed by atoms with Crippen molar-refractivity contribution in [1.29, 1.82) is 0 Å². The van der Waals surface area contributed by atoms with Crippen LogP contribution < -0.4 is 0 Å². The molecule has 6 nitrogen and oxygen atoms in total.